The molecule has 220 valence electrons. The lowest BCUT2D eigenvalue weighted by Crippen LogP contribution is -1.94. The van der Waals surface area contributed by atoms with Crippen molar-refractivity contribution in [3.05, 3.63) is 171 Å². The maximum absolute atomic E-state index is 4.60. The van der Waals surface area contributed by atoms with E-state index in [0.29, 0.717) is 0 Å². The van der Waals surface area contributed by atoms with Gasteiger partial charge in [0.05, 0.1) is 11.0 Å². The summed E-state index contributed by atoms with van der Waals surface area (Å²) in [5, 5.41) is 4.88. The van der Waals surface area contributed by atoms with Crippen LogP contribution in [0.4, 0.5) is 0 Å². The number of nitrogens with zero attached hydrogens (tertiary/aromatic N) is 4. The molecule has 4 nitrogen and oxygen atoms in total. The second kappa shape index (κ2) is 11.2. The first-order valence-electron chi connectivity index (χ1n) is 15.7. The van der Waals surface area contributed by atoms with Crippen LogP contribution in [0.1, 0.15) is 0 Å². The average molecular weight is 601 g/mol. The van der Waals surface area contributed by atoms with Gasteiger partial charge in [-0.1, -0.05) is 84.9 Å². The van der Waals surface area contributed by atoms with Crippen molar-refractivity contribution in [1.82, 2.24) is 19.5 Å². The third-order valence-corrected chi connectivity index (χ3v) is 9.02. The predicted octanol–water partition coefficient (Wildman–Crippen LogP) is 10.8. The summed E-state index contributed by atoms with van der Waals surface area (Å²) in [5.74, 6) is 0. The van der Waals surface area contributed by atoms with Crippen molar-refractivity contribution in [3.8, 4) is 50.2 Å². The minimum absolute atomic E-state index is 1.05. The largest absolute Gasteiger partial charge is 0.309 e. The zero-order valence-electron chi connectivity index (χ0n) is 25.5. The van der Waals surface area contributed by atoms with E-state index in [1.54, 1.807) is 6.20 Å². The minimum atomic E-state index is 1.05. The molecule has 0 fully saturated rings. The van der Waals surface area contributed by atoms with E-state index < -0.39 is 0 Å². The second-order valence-electron chi connectivity index (χ2n) is 11.8. The van der Waals surface area contributed by atoms with E-state index in [-0.39, 0.29) is 0 Å². The van der Waals surface area contributed by atoms with Crippen LogP contribution in [0, 0.1) is 0 Å². The van der Waals surface area contributed by atoms with Crippen LogP contribution < -0.4 is 0 Å². The van der Waals surface area contributed by atoms with Crippen molar-refractivity contribution in [2.75, 3.05) is 0 Å². The molecular formula is C43H28N4. The smallest absolute Gasteiger partial charge is 0.0619 e. The van der Waals surface area contributed by atoms with Crippen molar-refractivity contribution < 1.29 is 0 Å². The van der Waals surface area contributed by atoms with E-state index in [0.717, 1.165) is 44.6 Å². The van der Waals surface area contributed by atoms with Gasteiger partial charge in [-0.25, -0.2) is 0 Å². The van der Waals surface area contributed by atoms with E-state index in [9.17, 15) is 0 Å². The molecule has 0 unspecified atom stereocenters. The lowest BCUT2D eigenvalue weighted by molar-refractivity contribution is 1.19. The molecule has 0 radical (unpaired) electrons. The summed E-state index contributed by atoms with van der Waals surface area (Å²) in [7, 11) is 0. The lowest BCUT2D eigenvalue weighted by Gasteiger charge is -2.12. The van der Waals surface area contributed by atoms with E-state index in [1.165, 1.54) is 38.2 Å². The Hall–Kier alpha value is -6.39. The summed E-state index contributed by atoms with van der Waals surface area (Å²) in [6, 6.07) is 47.8. The molecule has 0 N–H and O–H groups in total. The number of hydrogen-bond donors (Lipinski definition) is 0. The van der Waals surface area contributed by atoms with Gasteiger partial charge in [-0.2, -0.15) is 0 Å². The molecule has 0 aliphatic rings. The lowest BCUT2D eigenvalue weighted by atomic mass is 9.97. The summed E-state index contributed by atoms with van der Waals surface area (Å²) >= 11 is 0. The number of fused-ring (bicyclic) bond motifs is 5. The third kappa shape index (κ3) is 4.75. The Morgan fingerprint density at radius 3 is 1.68 bits per heavy atom. The summed E-state index contributed by atoms with van der Waals surface area (Å²) in [5.41, 5.74) is 12.4. The highest BCUT2D eigenvalue weighted by Gasteiger charge is 2.17. The second-order valence-corrected chi connectivity index (χ2v) is 11.8. The summed E-state index contributed by atoms with van der Waals surface area (Å²) in [6.07, 6.45) is 11.2. The van der Waals surface area contributed by atoms with Gasteiger partial charge in [-0.15, -0.1) is 0 Å². The molecule has 4 aromatic heterocycles. The molecule has 0 aliphatic heterocycles. The first kappa shape index (κ1) is 27.0. The predicted molar refractivity (Wildman–Crippen MR) is 193 cm³/mol. The fraction of sp³-hybridized carbons (Fsp3) is 0. The van der Waals surface area contributed by atoms with E-state index in [2.05, 4.69) is 141 Å². The standard InChI is InChI=1S/C43H28N4/c1-2-11-38(12-3-1)47-42-24-32(36-23-37(28-46-27-36)35-10-6-20-45-26-35)14-17-40(42)41-18-15-33-22-31(13-16-39(33)43(41)47)29-7-4-8-30(21-29)34-9-5-19-44-25-34/h1-28H. The van der Waals surface area contributed by atoms with Crippen LogP contribution in [0.3, 0.4) is 0 Å². The van der Waals surface area contributed by atoms with Crippen LogP contribution in [-0.4, -0.2) is 19.5 Å². The number of pyridine rings is 3. The normalized spacial score (nSPS) is 11.4. The molecule has 0 amide bonds. The van der Waals surface area contributed by atoms with Crippen LogP contribution in [0.25, 0.3) is 82.8 Å². The van der Waals surface area contributed by atoms with E-state index >= 15 is 0 Å². The van der Waals surface area contributed by atoms with Crippen LogP contribution in [0.5, 0.6) is 0 Å². The van der Waals surface area contributed by atoms with Crippen molar-refractivity contribution in [2.24, 2.45) is 0 Å². The van der Waals surface area contributed by atoms with Gasteiger partial charge < -0.3 is 4.57 Å². The molecule has 9 aromatic rings. The first-order valence-corrected chi connectivity index (χ1v) is 15.7. The SMILES string of the molecule is c1ccc(-n2c3cc(-c4cncc(-c5cccnc5)c4)ccc3c3ccc4cc(-c5cccc(-c6cccnc6)c5)ccc4c32)cc1. The molecule has 0 atom stereocenters. The van der Waals surface area contributed by atoms with Crippen LogP contribution in [0.2, 0.25) is 0 Å². The van der Waals surface area contributed by atoms with Gasteiger partial charge in [0.2, 0.25) is 0 Å². The van der Waals surface area contributed by atoms with Gasteiger partial charge in [0, 0.05) is 81.3 Å². The number of para-hydroxylation sites is 1. The quantitative estimate of drug-likeness (QED) is 0.197. The maximum atomic E-state index is 4.60. The fourth-order valence-electron chi connectivity index (χ4n) is 6.74. The molecule has 0 spiro atoms. The topological polar surface area (TPSA) is 43.6 Å². The summed E-state index contributed by atoms with van der Waals surface area (Å²) in [4.78, 5) is 13.2. The molecule has 0 bridgehead atoms. The zero-order valence-corrected chi connectivity index (χ0v) is 25.5. The number of rotatable bonds is 5. The van der Waals surface area contributed by atoms with Gasteiger partial charge in [-0.05, 0) is 76.2 Å². The number of aromatic nitrogens is 4. The van der Waals surface area contributed by atoms with Gasteiger partial charge in [-0.3, -0.25) is 15.0 Å². The van der Waals surface area contributed by atoms with Gasteiger partial charge in [0.25, 0.3) is 0 Å². The molecule has 9 rings (SSSR count). The third-order valence-electron chi connectivity index (χ3n) is 9.02. The Kier molecular flexibility index (Phi) is 6.43. The molecule has 0 aliphatic carbocycles. The van der Waals surface area contributed by atoms with Crippen molar-refractivity contribution in [3.63, 3.8) is 0 Å². The molecule has 4 heterocycles. The minimum Gasteiger partial charge on any atom is -0.309 e. The Morgan fingerprint density at radius 1 is 0.362 bits per heavy atom. The summed E-state index contributed by atoms with van der Waals surface area (Å²) in [6.45, 7) is 0. The van der Waals surface area contributed by atoms with Crippen LogP contribution >= 0.6 is 0 Å². The highest BCUT2D eigenvalue weighted by Crippen LogP contribution is 2.40. The zero-order chi connectivity index (χ0) is 31.2. The Balaban J connectivity index is 1.23. The van der Waals surface area contributed by atoms with E-state index in [4.69, 9.17) is 0 Å². The average Bonchev–Trinajstić information content (AvgIpc) is 3.50. The van der Waals surface area contributed by atoms with Crippen molar-refractivity contribution >= 4 is 32.6 Å². The maximum Gasteiger partial charge on any atom is 0.0619 e. The molecule has 0 saturated carbocycles. The first-order chi connectivity index (χ1) is 23.3. The van der Waals surface area contributed by atoms with Crippen molar-refractivity contribution in [1.29, 1.82) is 0 Å². The molecule has 0 saturated heterocycles. The van der Waals surface area contributed by atoms with Gasteiger partial charge in [0.15, 0.2) is 0 Å². The highest BCUT2D eigenvalue weighted by atomic mass is 15.0. The molecule has 47 heavy (non-hydrogen) atoms. The monoisotopic (exact) mass is 600 g/mol. The van der Waals surface area contributed by atoms with Crippen LogP contribution in [-0.2, 0) is 0 Å². The Morgan fingerprint density at radius 2 is 0.936 bits per heavy atom. The molecule has 4 heteroatoms. The Labute approximate surface area is 272 Å². The number of hydrogen-bond acceptors (Lipinski definition) is 3. The van der Waals surface area contributed by atoms with Gasteiger partial charge in [0.1, 0.15) is 0 Å². The van der Waals surface area contributed by atoms with Crippen molar-refractivity contribution in [2.45, 2.75) is 0 Å². The van der Waals surface area contributed by atoms with E-state index in [1.807, 2.05) is 43.1 Å². The number of benzene rings is 5. The van der Waals surface area contributed by atoms with Crippen LogP contribution in [0.15, 0.2) is 171 Å². The van der Waals surface area contributed by atoms with Gasteiger partial charge >= 0.3 is 0 Å². The molecular weight excluding hydrogens is 573 g/mol. The Bertz CT molecular complexity index is 2550. The molecule has 5 aromatic carbocycles. The fourth-order valence-corrected chi connectivity index (χ4v) is 6.74. The summed E-state index contributed by atoms with van der Waals surface area (Å²) < 4.78 is 2.41. The highest BCUT2D eigenvalue weighted by molar-refractivity contribution is 6.19.